The zero-order valence-electron chi connectivity index (χ0n) is 16.2. The molecule has 0 saturated heterocycles. The third-order valence-electron chi connectivity index (χ3n) is 6.95. The molecule has 0 amide bonds. The van der Waals surface area contributed by atoms with Crippen molar-refractivity contribution in [2.45, 2.75) is 97.3 Å². The molecule has 2 aliphatic rings. The Labute approximate surface area is 150 Å². The lowest BCUT2D eigenvalue weighted by Gasteiger charge is -2.30. The van der Waals surface area contributed by atoms with E-state index in [-0.39, 0.29) is 0 Å². The number of hydrogen-bond donors (Lipinski definition) is 0. The number of rotatable bonds is 7. The van der Waals surface area contributed by atoms with Gasteiger partial charge >= 0.3 is 0 Å². The van der Waals surface area contributed by atoms with Gasteiger partial charge in [0.05, 0.1) is 0 Å². The summed E-state index contributed by atoms with van der Waals surface area (Å²) in [7, 11) is 0. The van der Waals surface area contributed by atoms with Crippen LogP contribution in [0.5, 0.6) is 0 Å². The fourth-order valence-corrected chi connectivity index (χ4v) is 5.07. The molecule has 0 nitrogen and oxygen atoms in total. The molecular weight excluding hydrogens is 288 g/mol. The van der Waals surface area contributed by atoms with E-state index in [9.17, 15) is 0 Å². The van der Waals surface area contributed by atoms with Crippen molar-refractivity contribution in [3.05, 3.63) is 34.9 Å². The highest BCUT2D eigenvalue weighted by atomic mass is 14.3. The molecule has 3 rings (SSSR count). The molecule has 1 unspecified atom stereocenters. The van der Waals surface area contributed by atoms with Gasteiger partial charge in [0.15, 0.2) is 0 Å². The first-order valence-corrected chi connectivity index (χ1v) is 10.9. The van der Waals surface area contributed by atoms with Crippen LogP contribution in [0, 0.1) is 17.8 Å². The number of benzene rings is 1. The largest absolute Gasteiger partial charge is 0.0654 e. The zero-order valence-corrected chi connectivity index (χ0v) is 16.2. The van der Waals surface area contributed by atoms with Crippen molar-refractivity contribution in [1.29, 1.82) is 0 Å². The molecule has 1 aromatic carbocycles. The molecule has 1 aromatic rings. The molecular formula is C24H38. The Morgan fingerprint density at radius 3 is 2.33 bits per heavy atom. The van der Waals surface area contributed by atoms with E-state index in [4.69, 9.17) is 0 Å². The minimum Gasteiger partial charge on any atom is -0.0654 e. The molecule has 2 aliphatic carbocycles. The Balaban J connectivity index is 1.45. The second kappa shape index (κ2) is 9.07. The lowest BCUT2D eigenvalue weighted by atomic mass is 9.75. The van der Waals surface area contributed by atoms with Crippen molar-refractivity contribution in [3.8, 4) is 0 Å². The predicted octanol–water partition coefficient (Wildman–Crippen LogP) is 7.13. The van der Waals surface area contributed by atoms with Crippen LogP contribution in [0.2, 0.25) is 0 Å². The number of unbranched alkanes of at least 4 members (excludes halogenated alkanes) is 1. The monoisotopic (exact) mass is 326 g/mol. The van der Waals surface area contributed by atoms with Crippen molar-refractivity contribution in [2.75, 3.05) is 0 Å². The van der Waals surface area contributed by atoms with E-state index >= 15 is 0 Å². The third kappa shape index (κ3) is 4.87. The summed E-state index contributed by atoms with van der Waals surface area (Å²) in [6, 6.07) is 7.38. The zero-order chi connectivity index (χ0) is 16.8. The van der Waals surface area contributed by atoms with E-state index in [0.717, 1.165) is 17.8 Å². The Morgan fingerprint density at radius 1 is 0.833 bits per heavy atom. The first kappa shape index (κ1) is 18.0. The van der Waals surface area contributed by atoms with E-state index in [1.807, 2.05) is 0 Å². The van der Waals surface area contributed by atoms with Crippen LogP contribution in [0.4, 0.5) is 0 Å². The van der Waals surface area contributed by atoms with Crippen molar-refractivity contribution in [2.24, 2.45) is 17.8 Å². The number of aryl methyl sites for hydroxylation is 2. The second-order valence-corrected chi connectivity index (χ2v) is 8.69. The highest BCUT2D eigenvalue weighted by Gasteiger charge is 2.23. The Kier molecular flexibility index (Phi) is 6.81. The molecule has 0 heteroatoms. The van der Waals surface area contributed by atoms with Gasteiger partial charge in [-0.3, -0.25) is 0 Å². The van der Waals surface area contributed by atoms with E-state index in [0.29, 0.717) is 0 Å². The molecule has 0 aromatic heterocycles. The Hall–Kier alpha value is -0.780. The van der Waals surface area contributed by atoms with Gasteiger partial charge in [-0.05, 0) is 73.0 Å². The molecule has 24 heavy (non-hydrogen) atoms. The van der Waals surface area contributed by atoms with Gasteiger partial charge in [-0.15, -0.1) is 0 Å². The van der Waals surface area contributed by atoms with Crippen LogP contribution in [0.3, 0.4) is 0 Å². The highest BCUT2D eigenvalue weighted by Crippen LogP contribution is 2.36. The van der Waals surface area contributed by atoms with Crippen molar-refractivity contribution < 1.29 is 0 Å². The third-order valence-corrected chi connectivity index (χ3v) is 6.95. The molecule has 1 atom stereocenters. The lowest BCUT2D eigenvalue weighted by molar-refractivity contribution is 0.241. The summed E-state index contributed by atoms with van der Waals surface area (Å²) in [5.74, 6) is 3.05. The first-order chi connectivity index (χ1) is 11.8. The standard InChI is InChI=1S/C24H38/c1-3-5-6-21-13-15-24-18-22(14-16-23(24)17-21)12-11-20-9-7-19(4-2)8-10-20/h13,15,17,19-20,22H,3-12,14,16,18H2,1-2H3. The van der Waals surface area contributed by atoms with E-state index in [2.05, 4.69) is 32.0 Å². The van der Waals surface area contributed by atoms with Gasteiger partial charge in [0.1, 0.15) is 0 Å². The Bertz CT molecular complexity index is 493. The van der Waals surface area contributed by atoms with Crippen molar-refractivity contribution in [3.63, 3.8) is 0 Å². The molecule has 1 fully saturated rings. The van der Waals surface area contributed by atoms with E-state index in [1.54, 1.807) is 16.7 Å². The van der Waals surface area contributed by atoms with E-state index in [1.165, 1.54) is 83.5 Å². The van der Waals surface area contributed by atoms with Gasteiger partial charge in [-0.1, -0.05) is 77.0 Å². The maximum atomic E-state index is 2.52. The summed E-state index contributed by atoms with van der Waals surface area (Å²) >= 11 is 0. The van der Waals surface area contributed by atoms with Crippen LogP contribution in [-0.2, 0) is 19.3 Å². The maximum absolute atomic E-state index is 2.52. The molecule has 0 radical (unpaired) electrons. The maximum Gasteiger partial charge on any atom is -0.0248 e. The number of fused-ring (bicyclic) bond motifs is 1. The summed E-state index contributed by atoms with van der Waals surface area (Å²) in [6.07, 6.45) is 18.5. The molecule has 0 N–H and O–H groups in total. The first-order valence-electron chi connectivity index (χ1n) is 10.9. The van der Waals surface area contributed by atoms with Crippen LogP contribution in [0.1, 0.15) is 94.7 Å². The normalized spacial score (nSPS) is 27.0. The molecule has 134 valence electrons. The van der Waals surface area contributed by atoms with Gasteiger partial charge in [-0.25, -0.2) is 0 Å². The van der Waals surface area contributed by atoms with Crippen LogP contribution in [0.25, 0.3) is 0 Å². The summed E-state index contributed by atoms with van der Waals surface area (Å²) in [4.78, 5) is 0. The van der Waals surface area contributed by atoms with Crippen LogP contribution in [0.15, 0.2) is 18.2 Å². The minimum atomic E-state index is 0.961. The van der Waals surface area contributed by atoms with Gasteiger partial charge in [0.2, 0.25) is 0 Å². The summed E-state index contributed by atoms with van der Waals surface area (Å²) in [6.45, 7) is 4.66. The molecule has 0 heterocycles. The minimum absolute atomic E-state index is 0.961. The average Bonchev–Trinajstić information content (AvgIpc) is 2.64. The quantitative estimate of drug-likeness (QED) is 0.500. The summed E-state index contributed by atoms with van der Waals surface area (Å²) in [5.41, 5.74) is 4.91. The molecule has 1 saturated carbocycles. The van der Waals surface area contributed by atoms with Crippen LogP contribution >= 0.6 is 0 Å². The average molecular weight is 327 g/mol. The van der Waals surface area contributed by atoms with Gasteiger partial charge in [-0.2, -0.15) is 0 Å². The van der Waals surface area contributed by atoms with E-state index < -0.39 is 0 Å². The molecule has 0 aliphatic heterocycles. The van der Waals surface area contributed by atoms with Gasteiger partial charge in [0, 0.05) is 0 Å². The Morgan fingerprint density at radius 2 is 1.58 bits per heavy atom. The molecule has 0 spiro atoms. The van der Waals surface area contributed by atoms with Gasteiger partial charge < -0.3 is 0 Å². The fourth-order valence-electron chi connectivity index (χ4n) is 5.07. The smallest absolute Gasteiger partial charge is 0.0248 e. The molecule has 0 bridgehead atoms. The summed E-state index contributed by atoms with van der Waals surface area (Å²) in [5, 5.41) is 0. The highest BCUT2D eigenvalue weighted by molar-refractivity contribution is 5.34. The SMILES string of the molecule is CCCCc1ccc2c(c1)CCC(CCC1CCC(CC)CC1)C2. The summed E-state index contributed by atoms with van der Waals surface area (Å²) < 4.78 is 0. The van der Waals surface area contributed by atoms with Crippen LogP contribution < -0.4 is 0 Å². The topological polar surface area (TPSA) is 0 Å². The fraction of sp³-hybridized carbons (Fsp3) is 0.750. The van der Waals surface area contributed by atoms with Gasteiger partial charge in [0.25, 0.3) is 0 Å². The second-order valence-electron chi connectivity index (χ2n) is 8.69. The van der Waals surface area contributed by atoms with Crippen molar-refractivity contribution >= 4 is 0 Å². The number of hydrogen-bond acceptors (Lipinski definition) is 0. The lowest BCUT2D eigenvalue weighted by Crippen LogP contribution is -2.18. The predicted molar refractivity (Wildman–Crippen MR) is 106 cm³/mol. The van der Waals surface area contributed by atoms with Crippen LogP contribution in [-0.4, -0.2) is 0 Å². The van der Waals surface area contributed by atoms with Crippen molar-refractivity contribution in [1.82, 2.24) is 0 Å².